The first-order valence-corrected chi connectivity index (χ1v) is 10.1. The second kappa shape index (κ2) is 9.18. The molecule has 5 heteroatoms. The van der Waals surface area contributed by atoms with Crippen molar-refractivity contribution in [1.82, 2.24) is 20.3 Å². The van der Waals surface area contributed by atoms with Crippen molar-refractivity contribution < 1.29 is 4.79 Å². The number of carbonyl (C=O) groups is 1. The zero-order chi connectivity index (χ0) is 20.8. The Labute approximate surface area is 176 Å². The van der Waals surface area contributed by atoms with E-state index in [0.717, 1.165) is 23.2 Å². The molecule has 0 saturated heterocycles. The van der Waals surface area contributed by atoms with Gasteiger partial charge in [-0.05, 0) is 30.0 Å². The number of rotatable bonds is 7. The van der Waals surface area contributed by atoms with Gasteiger partial charge in [-0.3, -0.25) is 4.79 Å². The van der Waals surface area contributed by atoms with Crippen LogP contribution in [0.2, 0.25) is 0 Å². The molecule has 1 heterocycles. The normalized spacial score (nSPS) is 10.7. The zero-order valence-corrected chi connectivity index (χ0v) is 17.0. The fraction of sp³-hybridized carbons (Fsp3) is 0.160. The highest BCUT2D eigenvalue weighted by atomic mass is 16.2. The Morgan fingerprint density at radius 1 is 0.900 bits per heavy atom. The lowest BCUT2D eigenvalue weighted by Gasteiger charge is -2.10. The van der Waals surface area contributed by atoms with Gasteiger partial charge in [-0.2, -0.15) is 0 Å². The van der Waals surface area contributed by atoms with Crippen LogP contribution in [-0.4, -0.2) is 27.4 Å². The molecule has 3 aromatic carbocycles. The van der Waals surface area contributed by atoms with Crippen LogP contribution in [0.25, 0.3) is 11.3 Å². The third-order valence-corrected chi connectivity index (χ3v) is 5.11. The van der Waals surface area contributed by atoms with Crippen molar-refractivity contribution in [2.24, 2.45) is 0 Å². The van der Waals surface area contributed by atoms with Crippen molar-refractivity contribution in [3.63, 3.8) is 0 Å². The number of aryl methyl sites for hydroxylation is 1. The monoisotopic (exact) mass is 396 g/mol. The molecule has 0 fully saturated rings. The minimum atomic E-state index is -0.207. The fourth-order valence-corrected chi connectivity index (χ4v) is 3.50. The number of aromatic nitrogens is 3. The van der Waals surface area contributed by atoms with E-state index in [9.17, 15) is 4.79 Å². The molecule has 0 spiro atoms. The van der Waals surface area contributed by atoms with Gasteiger partial charge in [-0.15, -0.1) is 5.10 Å². The molecule has 1 aromatic heterocycles. The maximum atomic E-state index is 13.0. The van der Waals surface area contributed by atoms with Gasteiger partial charge in [0.2, 0.25) is 0 Å². The van der Waals surface area contributed by atoms with Gasteiger partial charge in [0.15, 0.2) is 5.69 Å². The number of amides is 1. The summed E-state index contributed by atoms with van der Waals surface area (Å²) in [6.07, 6.45) is 0.775. The average Bonchev–Trinajstić information content (AvgIpc) is 3.20. The van der Waals surface area contributed by atoms with E-state index in [-0.39, 0.29) is 5.91 Å². The van der Waals surface area contributed by atoms with Crippen molar-refractivity contribution >= 4 is 5.91 Å². The summed E-state index contributed by atoms with van der Waals surface area (Å²) in [5.41, 5.74) is 5.56. The standard InChI is InChI=1S/C25H24N4O/c1-19-10-8-9-13-21(19)16-17-26-25(30)23-24(22-14-6-3-7-15-22)29(28-27-23)18-20-11-4-2-5-12-20/h2-15H,16-18H2,1H3,(H,26,30). The summed E-state index contributed by atoms with van der Waals surface area (Å²) < 4.78 is 1.79. The number of nitrogens with zero attached hydrogens (tertiary/aromatic N) is 3. The van der Waals surface area contributed by atoms with E-state index < -0.39 is 0 Å². The van der Waals surface area contributed by atoms with Crippen LogP contribution in [0.5, 0.6) is 0 Å². The Kier molecular flexibility index (Phi) is 5.99. The summed E-state index contributed by atoms with van der Waals surface area (Å²) in [4.78, 5) is 13.0. The molecule has 4 rings (SSSR count). The van der Waals surface area contributed by atoms with Crippen molar-refractivity contribution in [2.75, 3.05) is 6.54 Å². The molecule has 30 heavy (non-hydrogen) atoms. The van der Waals surface area contributed by atoms with Crippen LogP contribution in [0, 0.1) is 6.92 Å². The second-order valence-corrected chi connectivity index (χ2v) is 7.23. The smallest absolute Gasteiger partial charge is 0.274 e. The minimum absolute atomic E-state index is 0.207. The van der Waals surface area contributed by atoms with Crippen molar-refractivity contribution in [1.29, 1.82) is 0 Å². The van der Waals surface area contributed by atoms with E-state index >= 15 is 0 Å². The van der Waals surface area contributed by atoms with Crippen molar-refractivity contribution in [3.05, 3.63) is 107 Å². The average molecular weight is 396 g/mol. The van der Waals surface area contributed by atoms with Gasteiger partial charge >= 0.3 is 0 Å². The van der Waals surface area contributed by atoms with E-state index in [2.05, 4.69) is 34.7 Å². The number of benzene rings is 3. The van der Waals surface area contributed by atoms with Gasteiger partial charge in [0, 0.05) is 12.1 Å². The summed E-state index contributed by atoms with van der Waals surface area (Å²) in [6.45, 7) is 3.18. The lowest BCUT2D eigenvalue weighted by molar-refractivity contribution is 0.0949. The highest BCUT2D eigenvalue weighted by Gasteiger charge is 2.21. The van der Waals surface area contributed by atoms with E-state index in [1.165, 1.54) is 11.1 Å². The number of hydrogen-bond acceptors (Lipinski definition) is 3. The molecular formula is C25H24N4O. The van der Waals surface area contributed by atoms with E-state index in [0.29, 0.717) is 18.8 Å². The van der Waals surface area contributed by atoms with Gasteiger partial charge in [0.1, 0.15) is 5.69 Å². The van der Waals surface area contributed by atoms with Crippen LogP contribution >= 0.6 is 0 Å². The predicted molar refractivity (Wildman–Crippen MR) is 118 cm³/mol. The third-order valence-electron chi connectivity index (χ3n) is 5.11. The van der Waals surface area contributed by atoms with Gasteiger partial charge in [0.05, 0.1) is 6.54 Å². The molecule has 4 aromatic rings. The SMILES string of the molecule is Cc1ccccc1CCNC(=O)c1nnn(Cc2ccccc2)c1-c1ccccc1. The Morgan fingerprint density at radius 3 is 2.30 bits per heavy atom. The summed E-state index contributed by atoms with van der Waals surface area (Å²) >= 11 is 0. The van der Waals surface area contributed by atoms with Gasteiger partial charge in [-0.25, -0.2) is 4.68 Å². The van der Waals surface area contributed by atoms with Crippen molar-refractivity contribution in [3.8, 4) is 11.3 Å². The Morgan fingerprint density at radius 2 is 1.57 bits per heavy atom. The van der Waals surface area contributed by atoms with Crippen LogP contribution < -0.4 is 5.32 Å². The Bertz CT molecular complexity index is 1120. The van der Waals surface area contributed by atoms with Gasteiger partial charge in [-0.1, -0.05) is 90.1 Å². The number of carbonyl (C=O) groups excluding carboxylic acids is 1. The van der Waals surface area contributed by atoms with Gasteiger partial charge in [0.25, 0.3) is 5.91 Å². The Hall–Kier alpha value is -3.73. The summed E-state index contributed by atoms with van der Waals surface area (Å²) in [5, 5.41) is 11.5. The first-order chi connectivity index (χ1) is 14.7. The van der Waals surface area contributed by atoms with E-state index in [1.54, 1.807) is 4.68 Å². The molecule has 1 N–H and O–H groups in total. The maximum absolute atomic E-state index is 13.0. The second-order valence-electron chi connectivity index (χ2n) is 7.23. The molecular weight excluding hydrogens is 372 g/mol. The summed E-state index contributed by atoms with van der Waals surface area (Å²) in [7, 11) is 0. The molecule has 0 aliphatic heterocycles. The summed E-state index contributed by atoms with van der Waals surface area (Å²) in [6, 6.07) is 28.1. The molecule has 0 unspecified atom stereocenters. The van der Waals surface area contributed by atoms with Crippen LogP contribution in [0.3, 0.4) is 0 Å². The summed E-state index contributed by atoms with van der Waals surface area (Å²) in [5.74, 6) is -0.207. The quantitative estimate of drug-likeness (QED) is 0.507. The number of hydrogen-bond donors (Lipinski definition) is 1. The zero-order valence-electron chi connectivity index (χ0n) is 17.0. The van der Waals surface area contributed by atoms with Crippen LogP contribution in [-0.2, 0) is 13.0 Å². The van der Waals surface area contributed by atoms with Gasteiger partial charge < -0.3 is 5.32 Å². The molecule has 1 amide bonds. The minimum Gasteiger partial charge on any atom is -0.350 e. The lowest BCUT2D eigenvalue weighted by atomic mass is 10.1. The Balaban J connectivity index is 1.56. The first-order valence-electron chi connectivity index (χ1n) is 10.1. The van der Waals surface area contributed by atoms with Crippen LogP contribution in [0.1, 0.15) is 27.2 Å². The van der Waals surface area contributed by atoms with Crippen LogP contribution in [0.15, 0.2) is 84.9 Å². The molecule has 0 radical (unpaired) electrons. The van der Waals surface area contributed by atoms with Crippen LogP contribution in [0.4, 0.5) is 0 Å². The topological polar surface area (TPSA) is 59.8 Å². The molecule has 0 aliphatic rings. The van der Waals surface area contributed by atoms with E-state index in [4.69, 9.17) is 0 Å². The molecule has 0 saturated carbocycles. The highest BCUT2D eigenvalue weighted by Crippen LogP contribution is 2.23. The predicted octanol–water partition coefficient (Wildman–Crippen LogP) is 4.27. The molecule has 5 nitrogen and oxygen atoms in total. The fourth-order valence-electron chi connectivity index (χ4n) is 3.50. The molecule has 0 bridgehead atoms. The largest absolute Gasteiger partial charge is 0.350 e. The molecule has 150 valence electrons. The molecule has 0 aliphatic carbocycles. The van der Waals surface area contributed by atoms with E-state index in [1.807, 2.05) is 72.8 Å². The number of nitrogens with one attached hydrogen (secondary N) is 1. The lowest BCUT2D eigenvalue weighted by Crippen LogP contribution is -2.27. The highest BCUT2D eigenvalue weighted by molar-refractivity contribution is 5.98. The first kappa shape index (κ1) is 19.6. The molecule has 0 atom stereocenters. The third kappa shape index (κ3) is 4.46. The van der Waals surface area contributed by atoms with Crippen molar-refractivity contribution in [2.45, 2.75) is 19.9 Å². The maximum Gasteiger partial charge on any atom is 0.274 e.